The smallest absolute Gasteiger partial charge is 0.390 e. The minimum Gasteiger partial charge on any atom is -0.390 e. The van der Waals surface area contributed by atoms with Crippen LogP contribution in [0.5, 0.6) is 0 Å². The van der Waals surface area contributed by atoms with E-state index in [-0.39, 0.29) is 69.4 Å². The molecule has 18 heteroatoms. The molecule has 0 saturated heterocycles. The van der Waals surface area contributed by atoms with Gasteiger partial charge in [0.25, 0.3) is 0 Å². The Morgan fingerprint density at radius 3 is 1.08 bits per heavy atom. The molecule has 24 atom stereocenters. The zero-order chi connectivity index (χ0) is 69.0. The number of carbonyl (C=O) groups excluding carboxylic acids is 3. The van der Waals surface area contributed by atoms with E-state index in [0.29, 0.717) is 79.9 Å². The van der Waals surface area contributed by atoms with Crippen LogP contribution in [0.2, 0.25) is 0 Å². The summed E-state index contributed by atoms with van der Waals surface area (Å²) in [7, 11) is 0. The van der Waals surface area contributed by atoms with Gasteiger partial charge in [-0.15, -0.1) is 0 Å². The van der Waals surface area contributed by atoms with Gasteiger partial charge >= 0.3 is 6.18 Å². The molecule has 3 aromatic rings. The summed E-state index contributed by atoms with van der Waals surface area (Å²) in [5, 5.41) is 63.9. The highest BCUT2D eigenvalue weighted by Crippen LogP contribution is 2.72. The molecule has 0 bridgehead atoms. The maximum atomic E-state index is 13.3. The van der Waals surface area contributed by atoms with Gasteiger partial charge in [0, 0.05) is 36.3 Å². The lowest BCUT2D eigenvalue weighted by Crippen LogP contribution is -2.55. The van der Waals surface area contributed by atoms with Gasteiger partial charge in [-0.1, -0.05) is 79.8 Å². The summed E-state index contributed by atoms with van der Waals surface area (Å²) < 4.78 is 37.9. The first-order chi connectivity index (χ1) is 45.1. The number of aromatic amines is 1. The number of nitriles is 2. The number of carbonyl (C=O) groups is 3. The van der Waals surface area contributed by atoms with E-state index in [0.717, 1.165) is 137 Å². The Balaban J connectivity index is 0.000000161. The van der Waals surface area contributed by atoms with E-state index in [2.05, 4.69) is 72.8 Å². The molecule has 0 amide bonds. The first-order valence-corrected chi connectivity index (χ1v) is 38.5. The van der Waals surface area contributed by atoms with Gasteiger partial charge in [0.05, 0.1) is 35.2 Å². The summed E-state index contributed by atoms with van der Waals surface area (Å²) in [6.45, 7) is 21.5. The largest absolute Gasteiger partial charge is 0.432 e. The number of fused-ring (bicyclic) bond motifs is 15. The lowest BCUT2D eigenvalue weighted by atomic mass is 9.44. The molecule has 12 aliphatic carbocycles. The fraction of sp³-hybridized carbons (Fsp3) is 0.827. The number of nitrogens with zero attached hydrogens (tertiary/aromatic N) is 7. The van der Waals surface area contributed by atoms with Gasteiger partial charge in [-0.25, -0.2) is 0 Å². The van der Waals surface area contributed by atoms with Crippen LogP contribution in [0.1, 0.15) is 275 Å². The standard InChI is InChI=1S/2C26H37N3O2.C22H35BrO2.C4H3F3N2.3CH4/c2*1-24(31)11-12-25(2)17(14-24)4-5-19-20-6-7-22(26(20,3)10-8-21(19)25)23(30)16-29-13-9-18(15-27)28-29;1-20(25)10-11-21(2)14(12-20)4-5-15-16-6-7-18(19(24)13-23)22(16,3)9-8-17(15)21;5-4(6,7)3-1-2-8-9-3;;;/h2*9,13,17,19-22,31H,4-8,10-12,14,16H2,1-3H3;14-18,25H,4-13H2,1-3H3;1-2H,(H,8,9);3*1H4/t17-,19+,20+,21+,22+,24-,25+,26+;17-,19+,20+,21+,22-,24-,25+,26+;14-,15+,16+,17+,18-,20-,21+,22+;;;;/m111..../s1. The van der Waals surface area contributed by atoms with Crippen molar-refractivity contribution in [2.24, 2.45) is 121 Å². The lowest BCUT2D eigenvalue weighted by molar-refractivity contribution is -0.151. The van der Waals surface area contributed by atoms with E-state index in [9.17, 15) is 42.9 Å². The zero-order valence-electron chi connectivity index (χ0n) is 59.0. The van der Waals surface area contributed by atoms with Crippen molar-refractivity contribution in [3.63, 3.8) is 0 Å². The van der Waals surface area contributed by atoms with Gasteiger partial charge < -0.3 is 15.3 Å². The van der Waals surface area contributed by atoms with E-state index in [4.69, 9.17) is 10.5 Å². The van der Waals surface area contributed by atoms with Crippen LogP contribution < -0.4 is 0 Å². The summed E-state index contributed by atoms with van der Waals surface area (Å²) in [6, 6.07) is 8.33. The molecular weight excluding hydrogens is 1320 g/mol. The topological polar surface area (TPSA) is 224 Å². The van der Waals surface area contributed by atoms with Crippen molar-refractivity contribution < 1.29 is 42.9 Å². The molecule has 12 fully saturated rings. The van der Waals surface area contributed by atoms with Gasteiger partial charge in [-0.3, -0.25) is 28.8 Å². The SMILES string of the molecule is C.C.C.C[C@@]1(O)CC[C@@]2(C)[C@H](CC[C@@H]3[C@@H]2CC[C@]2(C)[C@@H](C(=O)CBr)CC[C@@H]32)C1.C[C@@]1(O)CC[C@@]2(C)[C@H](CC[C@@H]3[C@@H]2CC[C@]2(C)[C@@H](C(=O)Cn4ccc(C#N)n4)CC[C@@H]32)C1.C[C@@]1(O)CC[C@@]2(C)[C@H](CC[C@@H]3[C@@H]2CC[C@]2(C)[C@H](C(=O)Cn4ccc(C#N)n4)CC[C@@H]32)C1.FC(F)(F)c1ccn[nH]1. The Hall–Kier alpha value is -4.23. The summed E-state index contributed by atoms with van der Waals surface area (Å²) in [5.41, 5.74) is 0.115. The molecular formula is C81H124BrF3N8O6. The number of nitrogens with one attached hydrogen (secondary N) is 1. The molecule has 14 nitrogen and oxygen atoms in total. The summed E-state index contributed by atoms with van der Waals surface area (Å²) in [5.74, 6) is 10.2. The zero-order valence-corrected chi connectivity index (χ0v) is 60.6. The number of Topliss-reactive ketones (excluding diaryl/α,β-unsaturated/α-hetero) is 3. The molecule has 0 radical (unpaired) electrons. The van der Waals surface area contributed by atoms with Crippen molar-refractivity contribution in [2.75, 3.05) is 5.33 Å². The molecule has 15 rings (SSSR count). The second-order valence-corrected chi connectivity index (χ2v) is 36.7. The highest BCUT2D eigenvalue weighted by Gasteiger charge is 2.65. The van der Waals surface area contributed by atoms with Crippen molar-refractivity contribution in [3.05, 3.63) is 53.9 Å². The minimum atomic E-state index is -4.30. The van der Waals surface area contributed by atoms with E-state index in [1.165, 1.54) is 89.9 Å². The van der Waals surface area contributed by atoms with Gasteiger partial charge in [0.2, 0.25) is 0 Å². The Bertz CT molecular complexity index is 3260. The van der Waals surface area contributed by atoms with E-state index < -0.39 is 28.7 Å². The average Bonchev–Trinajstić information content (AvgIpc) is 1.71. The van der Waals surface area contributed by atoms with Crippen LogP contribution >= 0.6 is 15.9 Å². The van der Waals surface area contributed by atoms with Crippen LogP contribution in [-0.2, 0) is 33.6 Å². The quantitative estimate of drug-likeness (QED) is 0.155. The third-order valence-electron chi connectivity index (χ3n) is 31.1. The third kappa shape index (κ3) is 14.6. The normalized spacial score (nSPS) is 44.1. The fourth-order valence-corrected chi connectivity index (χ4v) is 26.3. The third-order valence-corrected chi connectivity index (χ3v) is 31.7. The van der Waals surface area contributed by atoms with Crippen LogP contribution in [0.15, 0.2) is 36.8 Å². The Morgan fingerprint density at radius 1 is 0.485 bits per heavy atom. The summed E-state index contributed by atoms with van der Waals surface area (Å²) in [6.07, 6.45) is 31.2. The summed E-state index contributed by atoms with van der Waals surface area (Å²) in [4.78, 5) is 39.2. The Labute approximate surface area is 599 Å². The predicted octanol–water partition coefficient (Wildman–Crippen LogP) is 18.2. The number of rotatable bonds is 8. The van der Waals surface area contributed by atoms with E-state index in [1.54, 1.807) is 39.0 Å². The molecule has 3 heterocycles. The van der Waals surface area contributed by atoms with Gasteiger partial charge in [0.15, 0.2) is 23.0 Å². The second-order valence-electron chi connectivity index (χ2n) is 36.1. The van der Waals surface area contributed by atoms with Crippen LogP contribution in [-0.4, -0.2) is 84.6 Å². The van der Waals surface area contributed by atoms with Gasteiger partial charge in [-0.05, 0) is 316 Å². The second kappa shape index (κ2) is 29.0. The molecule has 99 heavy (non-hydrogen) atoms. The van der Waals surface area contributed by atoms with Gasteiger partial charge in [-0.2, -0.15) is 39.0 Å². The van der Waals surface area contributed by atoms with Crippen LogP contribution in [0.25, 0.3) is 0 Å². The molecule has 0 unspecified atom stereocenters. The number of halogens is 4. The van der Waals surface area contributed by atoms with Gasteiger partial charge in [0.1, 0.15) is 23.6 Å². The number of ketones is 3. The van der Waals surface area contributed by atoms with Crippen molar-refractivity contribution in [1.29, 1.82) is 10.5 Å². The number of H-pyrrole nitrogens is 1. The highest BCUT2D eigenvalue weighted by molar-refractivity contribution is 9.09. The number of hydrogen-bond acceptors (Lipinski definition) is 11. The monoisotopic (exact) mass is 1440 g/mol. The molecule has 3 aromatic heterocycles. The van der Waals surface area contributed by atoms with Crippen molar-refractivity contribution in [3.8, 4) is 12.1 Å². The predicted molar refractivity (Wildman–Crippen MR) is 384 cm³/mol. The Kier molecular flexibility index (Phi) is 23.1. The highest BCUT2D eigenvalue weighted by atomic mass is 79.9. The number of hydrogen-bond donors (Lipinski definition) is 4. The van der Waals surface area contributed by atoms with Crippen LogP contribution in [0.4, 0.5) is 13.2 Å². The number of aliphatic hydroxyl groups is 3. The lowest BCUT2D eigenvalue weighted by Gasteiger charge is -2.61. The molecule has 12 aliphatic rings. The van der Waals surface area contributed by atoms with E-state index in [1.807, 2.05) is 32.9 Å². The fourth-order valence-electron chi connectivity index (χ4n) is 25.9. The first-order valence-electron chi connectivity index (χ1n) is 37.4. The molecule has 4 N–H and O–H groups in total. The summed E-state index contributed by atoms with van der Waals surface area (Å²) >= 11 is 3.43. The van der Waals surface area contributed by atoms with Crippen molar-refractivity contribution in [2.45, 2.75) is 294 Å². The average molecular weight is 1440 g/mol. The van der Waals surface area contributed by atoms with Crippen LogP contribution in [0, 0.1) is 144 Å². The molecule has 0 aliphatic heterocycles. The van der Waals surface area contributed by atoms with E-state index >= 15 is 0 Å². The maximum absolute atomic E-state index is 13.3. The van der Waals surface area contributed by atoms with Crippen molar-refractivity contribution >= 4 is 33.3 Å². The number of alkyl halides is 4. The van der Waals surface area contributed by atoms with Crippen LogP contribution in [0.3, 0.4) is 0 Å². The van der Waals surface area contributed by atoms with Crippen molar-refractivity contribution in [1.82, 2.24) is 29.8 Å². The molecule has 552 valence electrons. The molecule has 0 aromatic carbocycles. The molecule has 12 saturated carbocycles. The maximum Gasteiger partial charge on any atom is 0.432 e. The minimum absolute atomic E-state index is 0. The number of aromatic nitrogens is 6. The first kappa shape index (κ1) is 78.9. The molecule has 0 spiro atoms. The Morgan fingerprint density at radius 2 is 0.808 bits per heavy atom.